The molecule has 0 unspecified atom stereocenters. The molecule has 0 rings (SSSR count). The van der Waals surface area contributed by atoms with Crippen LogP contribution < -0.4 is 16.4 Å². The van der Waals surface area contributed by atoms with Crippen molar-refractivity contribution in [1.82, 2.24) is 10.6 Å². The lowest BCUT2D eigenvalue weighted by molar-refractivity contribution is -0.138. The van der Waals surface area contributed by atoms with E-state index in [4.69, 9.17) is 29.8 Å². The summed E-state index contributed by atoms with van der Waals surface area (Å²) in [6.45, 7) is 4.69. The molecule has 0 fully saturated rings. The van der Waals surface area contributed by atoms with E-state index in [9.17, 15) is 19.2 Å². The predicted molar refractivity (Wildman–Crippen MR) is 123 cm³/mol. The Morgan fingerprint density at radius 3 is 2.06 bits per heavy atom. The van der Waals surface area contributed by atoms with Crippen molar-refractivity contribution in [3.63, 3.8) is 0 Å². The Labute approximate surface area is 201 Å². The van der Waals surface area contributed by atoms with Gasteiger partial charge in [-0.2, -0.15) is 0 Å². The zero-order chi connectivity index (χ0) is 25.4. The Kier molecular flexibility index (Phi) is 21.2. The van der Waals surface area contributed by atoms with Gasteiger partial charge in [0.1, 0.15) is 19.3 Å². The third-order valence-electron chi connectivity index (χ3n) is 4.46. The zero-order valence-corrected chi connectivity index (χ0v) is 20.2. The molecular formula is C22H41N3O9. The minimum Gasteiger partial charge on any atom is -0.480 e. The number of nitrogens with two attached hydrogens (primary N) is 1. The fourth-order valence-electron chi connectivity index (χ4n) is 2.51. The van der Waals surface area contributed by atoms with E-state index in [-0.39, 0.29) is 37.4 Å². The number of carbonyl (C=O) groups is 4. The molecule has 0 heterocycles. The summed E-state index contributed by atoms with van der Waals surface area (Å²) in [5.41, 5.74) is 5.40. The lowest BCUT2D eigenvalue weighted by Crippen LogP contribution is -2.31. The topological polar surface area (TPSA) is 176 Å². The van der Waals surface area contributed by atoms with Crippen LogP contribution >= 0.6 is 0 Å². The minimum atomic E-state index is -1.02. The second-order valence-corrected chi connectivity index (χ2v) is 7.47. The number of carboxylic acid groups (broad SMARTS) is 1. The molecule has 2 amide bonds. The van der Waals surface area contributed by atoms with Crippen molar-refractivity contribution >= 4 is 23.6 Å². The molecule has 0 aromatic carbocycles. The number of amides is 2. The van der Waals surface area contributed by atoms with Gasteiger partial charge in [0.25, 0.3) is 0 Å². The van der Waals surface area contributed by atoms with Crippen molar-refractivity contribution < 1.29 is 43.2 Å². The smallest absolute Gasteiger partial charge is 0.320 e. The molecule has 0 aromatic heterocycles. The van der Waals surface area contributed by atoms with Crippen molar-refractivity contribution in [2.45, 2.75) is 51.5 Å². The van der Waals surface area contributed by atoms with E-state index in [1.54, 1.807) is 6.92 Å². The van der Waals surface area contributed by atoms with Gasteiger partial charge in [-0.05, 0) is 25.7 Å². The fraction of sp³-hybridized carbons (Fsp3) is 0.818. The van der Waals surface area contributed by atoms with Gasteiger partial charge in [-0.15, -0.1) is 0 Å². The summed E-state index contributed by atoms with van der Waals surface area (Å²) in [7, 11) is 0. The molecule has 12 heteroatoms. The quantitative estimate of drug-likeness (QED) is 0.130. The lowest BCUT2D eigenvalue weighted by Gasteiger charge is -2.08. The highest BCUT2D eigenvalue weighted by molar-refractivity contribution is 5.79. The first kappa shape index (κ1) is 31.9. The molecule has 0 aliphatic rings. The Bertz CT molecular complexity index is 576. The molecule has 34 heavy (non-hydrogen) atoms. The van der Waals surface area contributed by atoms with Gasteiger partial charge < -0.3 is 40.4 Å². The van der Waals surface area contributed by atoms with E-state index >= 15 is 0 Å². The van der Waals surface area contributed by atoms with Crippen LogP contribution in [0.5, 0.6) is 0 Å². The summed E-state index contributed by atoms with van der Waals surface area (Å²) in [6, 6.07) is -0.867. The van der Waals surface area contributed by atoms with Gasteiger partial charge >= 0.3 is 5.97 Å². The number of rotatable bonds is 24. The highest BCUT2D eigenvalue weighted by Crippen LogP contribution is 1.98. The van der Waals surface area contributed by atoms with Crippen LogP contribution in [0.1, 0.15) is 45.4 Å². The van der Waals surface area contributed by atoms with Gasteiger partial charge in [0.2, 0.25) is 11.8 Å². The van der Waals surface area contributed by atoms with Gasteiger partial charge in [-0.25, -0.2) is 0 Å². The Hall–Kier alpha value is -2.12. The monoisotopic (exact) mass is 491 g/mol. The molecule has 0 radical (unpaired) electrons. The maximum Gasteiger partial charge on any atom is 0.320 e. The Morgan fingerprint density at radius 2 is 1.38 bits per heavy atom. The maximum absolute atomic E-state index is 11.7. The molecule has 0 saturated carbocycles. The number of carbonyl (C=O) groups excluding carboxylic acids is 3. The molecule has 198 valence electrons. The van der Waals surface area contributed by atoms with Crippen molar-refractivity contribution in [2.24, 2.45) is 5.73 Å². The van der Waals surface area contributed by atoms with Gasteiger partial charge in [0.05, 0.1) is 33.0 Å². The summed E-state index contributed by atoms with van der Waals surface area (Å²) in [6.07, 6.45) is 3.00. The Balaban J connectivity index is 3.35. The summed E-state index contributed by atoms with van der Waals surface area (Å²) in [4.78, 5) is 44.9. The van der Waals surface area contributed by atoms with Gasteiger partial charge in [-0.1, -0.05) is 6.92 Å². The zero-order valence-electron chi connectivity index (χ0n) is 20.2. The van der Waals surface area contributed by atoms with Crippen LogP contribution in [0.3, 0.4) is 0 Å². The van der Waals surface area contributed by atoms with Crippen LogP contribution in [0.2, 0.25) is 0 Å². The van der Waals surface area contributed by atoms with Crippen LogP contribution in [0.25, 0.3) is 0 Å². The number of nitrogens with one attached hydrogen (secondary N) is 2. The van der Waals surface area contributed by atoms with Crippen molar-refractivity contribution in [2.75, 3.05) is 65.9 Å². The van der Waals surface area contributed by atoms with Crippen LogP contribution in [0.4, 0.5) is 0 Å². The van der Waals surface area contributed by atoms with E-state index in [2.05, 4.69) is 10.6 Å². The average molecular weight is 492 g/mol. The third-order valence-corrected chi connectivity index (χ3v) is 4.46. The number of hydrogen-bond acceptors (Lipinski definition) is 9. The molecule has 0 bridgehead atoms. The van der Waals surface area contributed by atoms with Crippen molar-refractivity contribution in [3.05, 3.63) is 0 Å². The first-order valence-electron chi connectivity index (χ1n) is 11.7. The van der Waals surface area contributed by atoms with Crippen LogP contribution in [-0.2, 0) is 38.1 Å². The molecule has 0 aromatic rings. The van der Waals surface area contributed by atoms with E-state index in [1.165, 1.54) is 0 Å². The summed E-state index contributed by atoms with van der Waals surface area (Å²) in [5.74, 6) is -1.31. The van der Waals surface area contributed by atoms with Crippen LogP contribution in [0, 0.1) is 0 Å². The summed E-state index contributed by atoms with van der Waals surface area (Å²) >= 11 is 0. The van der Waals surface area contributed by atoms with Gasteiger partial charge in [0, 0.05) is 32.5 Å². The van der Waals surface area contributed by atoms with E-state index < -0.39 is 12.0 Å². The summed E-state index contributed by atoms with van der Waals surface area (Å²) < 4.78 is 21.1. The van der Waals surface area contributed by atoms with E-state index in [0.29, 0.717) is 84.6 Å². The predicted octanol–water partition coefficient (Wildman–Crippen LogP) is -0.373. The number of unbranched alkanes of at least 4 members (excludes halogenated alkanes) is 1. The van der Waals surface area contributed by atoms with Crippen LogP contribution in [0.15, 0.2) is 0 Å². The molecule has 5 N–H and O–H groups in total. The molecule has 0 saturated heterocycles. The largest absolute Gasteiger partial charge is 0.480 e. The molecule has 0 aliphatic carbocycles. The molecular weight excluding hydrogens is 450 g/mol. The van der Waals surface area contributed by atoms with E-state index in [0.717, 1.165) is 0 Å². The highest BCUT2D eigenvalue weighted by Gasteiger charge is 2.10. The first-order chi connectivity index (χ1) is 16.4. The molecule has 0 spiro atoms. The summed E-state index contributed by atoms with van der Waals surface area (Å²) in [5, 5.41) is 14.0. The average Bonchev–Trinajstić information content (AvgIpc) is 2.81. The standard InChI is InChI=1S/C22H41N3O9/c1-2-20(27)25-9-11-32-13-14-33-16-18(26)6-5-10-31-12-15-34-17-21(28)24-8-4-3-7-19(23)22(29)30/h19H,2-17,23H2,1H3,(H,24,28)(H,25,27)(H,29,30)/t19-/m0/s1. The van der Waals surface area contributed by atoms with Gasteiger partial charge in [0.15, 0.2) is 5.78 Å². The first-order valence-corrected chi connectivity index (χ1v) is 11.7. The minimum absolute atomic E-state index is 0.0170. The molecule has 1 atom stereocenters. The Morgan fingerprint density at radius 1 is 0.765 bits per heavy atom. The normalized spacial score (nSPS) is 11.7. The van der Waals surface area contributed by atoms with Gasteiger partial charge in [-0.3, -0.25) is 19.2 Å². The molecule has 12 nitrogen and oxygen atoms in total. The second kappa shape index (κ2) is 22.7. The fourth-order valence-corrected chi connectivity index (χ4v) is 2.51. The number of ether oxygens (including phenoxy) is 4. The molecule has 0 aliphatic heterocycles. The number of carboxylic acids is 1. The number of Topliss-reactive ketones (excluding diaryl/α,β-unsaturated/α-hetero) is 1. The SMILES string of the molecule is CCC(=O)NCCOCCOCC(=O)CCCOCCOCC(=O)NCCCC[C@H](N)C(=O)O. The number of ketones is 1. The second-order valence-electron chi connectivity index (χ2n) is 7.47. The number of aliphatic carboxylic acids is 1. The van der Waals surface area contributed by atoms with Crippen molar-refractivity contribution in [1.29, 1.82) is 0 Å². The van der Waals surface area contributed by atoms with Crippen LogP contribution in [-0.4, -0.2) is 101 Å². The third kappa shape index (κ3) is 21.7. The van der Waals surface area contributed by atoms with E-state index in [1.807, 2.05) is 0 Å². The maximum atomic E-state index is 11.7. The number of hydrogen-bond donors (Lipinski definition) is 4. The highest BCUT2D eigenvalue weighted by atomic mass is 16.5. The van der Waals surface area contributed by atoms with Crippen molar-refractivity contribution in [3.8, 4) is 0 Å². The lowest BCUT2D eigenvalue weighted by atomic mass is 10.1.